The molecule has 3 rings (SSSR count). The summed E-state index contributed by atoms with van der Waals surface area (Å²) in [6.45, 7) is 2.28. The molecule has 0 bridgehead atoms. The Hall–Kier alpha value is -1.79. The monoisotopic (exact) mass is 403 g/mol. The summed E-state index contributed by atoms with van der Waals surface area (Å²) in [6, 6.07) is 8.16. The number of ether oxygens (including phenoxy) is 2. The number of hydrogen-bond donors (Lipinski definition) is 0. The number of amides is 2. The molecule has 29 heavy (non-hydrogen) atoms. The molecule has 2 fully saturated rings. The maximum atomic E-state index is 13.0. The third kappa shape index (κ3) is 4.38. The average Bonchev–Trinajstić information content (AvgIpc) is 2.95. The van der Waals surface area contributed by atoms with E-state index >= 15 is 0 Å². The Balaban J connectivity index is 1.67. The number of rotatable bonds is 8. The molecule has 0 aromatic heterocycles. The maximum absolute atomic E-state index is 13.0. The summed E-state index contributed by atoms with van der Waals surface area (Å²) in [7, 11) is 9.83. The Morgan fingerprint density at radius 3 is 2.28 bits per heavy atom. The van der Waals surface area contributed by atoms with Crippen molar-refractivity contribution in [1.29, 1.82) is 0 Å². The number of urea groups is 1. The van der Waals surface area contributed by atoms with Gasteiger partial charge in [0.2, 0.25) is 0 Å². The highest BCUT2D eigenvalue weighted by molar-refractivity contribution is 5.78. The molecule has 6 nitrogen and oxygen atoms in total. The van der Waals surface area contributed by atoms with Gasteiger partial charge in [-0.2, -0.15) is 0 Å². The van der Waals surface area contributed by atoms with Crippen molar-refractivity contribution < 1.29 is 14.3 Å². The Labute approximate surface area is 175 Å². The van der Waals surface area contributed by atoms with Crippen molar-refractivity contribution >= 4 is 6.03 Å². The van der Waals surface area contributed by atoms with Crippen LogP contribution in [0.4, 0.5) is 4.79 Å². The van der Waals surface area contributed by atoms with Crippen LogP contribution in [0.2, 0.25) is 0 Å². The maximum Gasteiger partial charge on any atom is 0.320 e. The first-order chi connectivity index (χ1) is 13.9. The lowest BCUT2D eigenvalue weighted by atomic mass is 9.69. The fourth-order valence-corrected chi connectivity index (χ4v) is 5.16. The number of likely N-dealkylation sites (N-methyl/N-ethyl adjacent to an activating group) is 1. The molecular formula is C23H37N3O3. The van der Waals surface area contributed by atoms with E-state index in [0.29, 0.717) is 6.54 Å². The second-order valence-corrected chi connectivity index (χ2v) is 8.99. The molecule has 1 aliphatic carbocycles. The van der Waals surface area contributed by atoms with Gasteiger partial charge in [-0.05, 0) is 70.3 Å². The summed E-state index contributed by atoms with van der Waals surface area (Å²) < 4.78 is 10.5. The molecule has 1 aliphatic heterocycles. The summed E-state index contributed by atoms with van der Waals surface area (Å²) >= 11 is 0. The minimum Gasteiger partial charge on any atom is -0.497 e. The van der Waals surface area contributed by atoms with E-state index in [1.807, 2.05) is 41.1 Å². The first kappa shape index (κ1) is 21.9. The smallest absolute Gasteiger partial charge is 0.320 e. The van der Waals surface area contributed by atoms with Gasteiger partial charge in [0.25, 0.3) is 0 Å². The summed E-state index contributed by atoms with van der Waals surface area (Å²) in [4.78, 5) is 19.4. The zero-order chi connectivity index (χ0) is 21.1. The van der Waals surface area contributed by atoms with E-state index < -0.39 is 0 Å². The first-order valence-corrected chi connectivity index (χ1v) is 10.7. The molecule has 0 N–H and O–H groups in total. The Morgan fingerprint density at radius 1 is 1.07 bits per heavy atom. The van der Waals surface area contributed by atoms with Crippen LogP contribution in [0.5, 0.6) is 5.75 Å². The standard InChI is InChI=1S/C23H37N3O3/c1-24(2)22(11-6-16-28-4)12-14-23(15-13-22)18-26(21(27)25(23)3)17-19-7-9-20(29-5)10-8-19/h7-10H,6,11-18H2,1-5H3. The lowest BCUT2D eigenvalue weighted by Gasteiger charge is -2.50. The van der Waals surface area contributed by atoms with E-state index in [-0.39, 0.29) is 17.1 Å². The van der Waals surface area contributed by atoms with Crippen molar-refractivity contribution in [2.45, 2.75) is 56.1 Å². The van der Waals surface area contributed by atoms with Crippen molar-refractivity contribution in [2.75, 3.05) is 48.5 Å². The molecule has 6 heteroatoms. The zero-order valence-corrected chi connectivity index (χ0v) is 18.7. The number of carbonyl (C=O) groups excluding carboxylic acids is 1. The Kier molecular flexibility index (Phi) is 6.74. The highest BCUT2D eigenvalue weighted by Gasteiger charge is 2.52. The minimum absolute atomic E-state index is 0.0374. The van der Waals surface area contributed by atoms with Gasteiger partial charge in [-0.1, -0.05) is 12.1 Å². The van der Waals surface area contributed by atoms with E-state index in [9.17, 15) is 4.79 Å². The fraction of sp³-hybridized carbons (Fsp3) is 0.696. The molecule has 0 radical (unpaired) electrons. The van der Waals surface area contributed by atoms with Gasteiger partial charge < -0.3 is 24.2 Å². The second kappa shape index (κ2) is 8.92. The fourth-order valence-electron chi connectivity index (χ4n) is 5.16. The predicted octanol–water partition coefficient (Wildman–Crippen LogP) is 3.60. The molecule has 0 atom stereocenters. The third-order valence-electron chi connectivity index (χ3n) is 7.34. The molecule has 2 amide bonds. The van der Waals surface area contributed by atoms with Crippen LogP contribution in [-0.2, 0) is 11.3 Å². The van der Waals surface area contributed by atoms with Crippen molar-refractivity contribution in [3.8, 4) is 5.75 Å². The van der Waals surface area contributed by atoms with Crippen molar-refractivity contribution in [3.63, 3.8) is 0 Å². The number of benzene rings is 1. The topological polar surface area (TPSA) is 45.3 Å². The SMILES string of the molecule is COCCCC1(N(C)C)CCC2(CC1)CN(Cc1ccc(OC)cc1)C(=O)N2C. The molecule has 1 saturated carbocycles. The highest BCUT2D eigenvalue weighted by Crippen LogP contribution is 2.45. The van der Waals surface area contributed by atoms with Gasteiger partial charge in [-0.15, -0.1) is 0 Å². The van der Waals surface area contributed by atoms with Gasteiger partial charge in [-0.25, -0.2) is 4.79 Å². The van der Waals surface area contributed by atoms with Crippen LogP contribution in [0, 0.1) is 0 Å². The largest absolute Gasteiger partial charge is 0.497 e. The van der Waals surface area contributed by atoms with Crippen LogP contribution in [0.15, 0.2) is 24.3 Å². The highest BCUT2D eigenvalue weighted by atomic mass is 16.5. The minimum atomic E-state index is -0.0374. The van der Waals surface area contributed by atoms with Gasteiger partial charge in [0.05, 0.1) is 12.6 Å². The van der Waals surface area contributed by atoms with Crippen molar-refractivity contribution in [1.82, 2.24) is 14.7 Å². The quantitative estimate of drug-likeness (QED) is 0.622. The van der Waals surface area contributed by atoms with E-state index in [0.717, 1.165) is 63.0 Å². The van der Waals surface area contributed by atoms with Crippen LogP contribution in [0.25, 0.3) is 0 Å². The van der Waals surface area contributed by atoms with Crippen molar-refractivity contribution in [2.24, 2.45) is 0 Å². The summed E-state index contributed by atoms with van der Waals surface area (Å²) in [6.07, 6.45) is 6.59. The normalized spacial score (nSPS) is 27.3. The Bertz CT molecular complexity index is 681. The number of methoxy groups -OCH3 is 2. The van der Waals surface area contributed by atoms with E-state index in [1.54, 1.807) is 14.2 Å². The molecule has 162 valence electrons. The van der Waals surface area contributed by atoms with Gasteiger partial charge in [0.1, 0.15) is 5.75 Å². The molecule has 1 saturated heterocycles. The van der Waals surface area contributed by atoms with E-state index in [1.165, 1.54) is 0 Å². The third-order valence-corrected chi connectivity index (χ3v) is 7.34. The van der Waals surface area contributed by atoms with Crippen LogP contribution in [0.3, 0.4) is 0 Å². The number of nitrogens with zero attached hydrogens (tertiary/aromatic N) is 3. The lowest BCUT2D eigenvalue weighted by molar-refractivity contribution is 0.0229. The Morgan fingerprint density at radius 2 is 1.72 bits per heavy atom. The molecule has 1 spiro atoms. The summed E-state index contributed by atoms with van der Waals surface area (Å²) in [5, 5.41) is 0. The van der Waals surface area contributed by atoms with Gasteiger partial charge in [0.15, 0.2) is 0 Å². The first-order valence-electron chi connectivity index (χ1n) is 10.7. The van der Waals surface area contributed by atoms with Gasteiger partial charge >= 0.3 is 6.03 Å². The molecular weight excluding hydrogens is 366 g/mol. The van der Waals surface area contributed by atoms with Crippen LogP contribution >= 0.6 is 0 Å². The lowest BCUT2D eigenvalue weighted by Crippen LogP contribution is -2.55. The van der Waals surface area contributed by atoms with Gasteiger partial charge in [0, 0.05) is 39.4 Å². The average molecular weight is 404 g/mol. The molecule has 0 unspecified atom stereocenters. The summed E-state index contributed by atoms with van der Waals surface area (Å²) in [5.41, 5.74) is 1.32. The number of carbonyl (C=O) groups is 1. The second-order valence-electron chi connectivity index (χ2n) is 8.99. The summed E-state index contributed by atoms with van der Waals surface area (Å²) in [5.74, 6) is 0.843. The molecule has 2 aliphatic rings. The van der Waals surface area contributed by atoms with E-state index in [4.69, 9.17) is 9.47 Å². The van der Waals surface area contributed by atoms with Crippen LogP contribution < -0.4 is 4.74 Å². The number of hydrogen-bond acceptors (Lipinski definition) is 4. The molecule has 1 aromatic carbocycles. The van der Waals surface area contributed by atoms with Crippen LogP contribution in [-0.4, -0.2) is 80.3 Å². The van der Waals surface area contributed by atoms with Crippen molar-refractivity contribution in [3.05, 3.63) is 29.8 Å². The van der Waals surface area contributed by atoms with Crippen LogP contribution in [0.1, 0.15) is 44.1 Å². The molecule has 1 heterocycles. The predicted molar refractivity (Wildman–Crippen MR) is 115 cm³/mol. The molecule has 1 aromatic rings. The zero-order valence-electron chi connectivity index (χ0n) is 18.7. The van der Waals surface area contributed by atoms with E-state index in [2.05, 4.69) is 19.0 Å². The van der Waals surface area contributed by atoms with Gasteiger partial charge in [-0.3, -0.25) is 0 Å².